The zero-order chi connectivity index (χ0) is 34.0. The van der Waals surface area contributed by atoms with Gasteiger partial charge in [0.05, 0.1) is 6.67 Å². The largest absolute Gasteiger partial charge is 0.512 e. The van der Waals surface area contributed by atoms with Gasteiger partial charge in [-0.2, -0.15) is 26.3 Å². The van der Waals surface area contributed by atoms with Gasteiger partial charge in [-0.25, -0.2) is 16.8 Å². The van der Waals surface area contributed by atoms with Crippen LogP contribution in [-0.4, -0.2) is 34.5 Å². The Morgan fingerprint density at radius 3 is 1.02 bits per heavy atom. The second-order valence-corrected chi connectivity index (χ2v) is 15.2. The quantitative estimate of drug-likeness (QED) is 0.213. The summed E-state index contributed by atoms with van der Waals surface area (Å²) >= 11 is 0. The predicted octanol–water partition coefficient (Wildman–Crippen LogP) is 8.21. The third-order valence-electron chi connectivity index (χ3n) is 6.82. The van der Waals surface area contributed by atoms with Crippen molar-refractivity contribution < 1.29 is 65.6 Å². The van der Waals surface area contributed by atoms with Crippen LogP contribution in [0.3, 0.4) is 0 Å². The summed E-state index contributed by atoms with van der Waals surface area (Å²) in [5.41, 5.74) is -3.77. The maximum Gasteiger partial charge on any atom is 0.512 e. The zero-order valence-electron chi connectivity index (χ0n) is 26.0. The van der Waals surface area contributed by atoms with E-state index < -0.39 is 35.2 Å². The molecule has 0 unspecified atom stereocenters. The number of benzene rings is 2. The van der Waals surface area contributed by atoms with Gasteiger partial charge >= 0.3 is 31.1 Å². The van der Waals surface area contributed by atoms with Crippen molar-refractivity contribution in [1.82, 2.24) is 4.13 Å². The van der Waals surface area contributed by atoms with Crippen molar-refractivity contribution in [2.75, 3.05) is 16.5 Å². The number of sulfonamides is 2. The van der Waals surface area contributed by atoms with Gasteiger partial charge in [-0.15, -0.1) is 0 Å². The third kappa shape index (κ3) is 9.74. The van der Waals surface area contributed by atoms with Crippen LogP contribution in [0.1, 0.15) is 101 Å². The molecule has 259 valence electrons. The van der Waals surface area contributed by atoms with Crippen LogP contribution in [0, 0.1) is 0 Å². The molecule has 0 saturated carbocycles. The molecular formula is C29H39AuF6N3O4S2. The number of alkyl halides is 6. The van der Waals surface area contributed by atoms with E-state index in [9.17, 15) is 43.2 Å². The Kier molecular flexibility index (Phi) is 13.9. The van der Waals surface area contributed by atoms with E-state index in [-0.39, 0.29) is 22.4 Å². The maximum absolute atomic E-state index is 11.5. The third-order valence-corrected chi connectivity index (χ3v) is 9.79. The average Bonchev–Trinajstić information content (AvgIpc) is 3.35. The summed E-state index contributed by atoms with van der Waals surface area (Å²) in [7, 11) is -13.2. The summed E-state index contributed by atoms with van der Waals surface area (Å²) in [6, 6.07) is 13.6. The Balaban J connectivity index is 0.000000541. The fraction of sp³-hybridized carbons (Fsp3) is 0.517. The summed E-state index contributed by atoms with van der Waals surface area (Å²) < 4.78 is 108. The van der Waals surface area contributed by atoms with Crippen molar-refractivity contribution in [3.05, 3.63) is 71.1 Å². The Morgan fingerprint density at radius 1 is 0.578 bits per heavy atom. The zero-order valence-corrected chi connectivity index (χ0v) is 29.8. The van der Waals surface area contributed by atoms with Crippen molar-refractivity contribution in [2.45, 2.75) is 90.1 Å². The molecule has 3 rings (SSSR count). The molecule has 0 aliphatic carbocycles. The molecule has 45 heavy (non-hydrogen) atoms. The van der Waals surface area contributed by atoms with Gasteiger partial charge in [0.2, 0.25) is 0 Å². The summed E-state index contributed by atoms with van der Waals surface area (Å²) in [6.45, 7) is 19.2. The van der Waals surface area contributed by atoms with Gasteiger partial charge in [0, 0.05) is 46.2 Å². The molecule has 2 aromatic carbocycles. The first-order valence-electron chi connectivity index (χ1n) is 13.8. The van der Waals surface area contributed by atoms with Crippen molar-refractivity contribution in [1.29, 1.82) is 0 Å². The second-order valence-electron chi connectivity index (χ2n) is 11.5. The number of para-hydroxylation sites is 2. The summed E-state index contributed by atoms with van der Waals surface area (Å²) in [4.78, 5) is 4.90. The van der Waals surface area contributed by atoms with Crippen LogP contribution in [0.15, 0.2) is 48.8 Å². The smallest absolute Gasteiger partial charge is 0.327 e. The summed E-state index contributed by atoms with van der Waals surface area (Å²) in [5.74, 6) is 2.00. The maximum atomic E-state index is 11.5. The van der Waals surface area contributed by atoms with Gasteiger partial charge in [0.15, 0.2) is 0 Å². The molecule has 0 atom stereocenters. The van der Waals surface area contributed by atoms with E-state index >= 15 is 0 Å². The number of nitrogens with zero attached hydrogens (tertiary/aromatic N) is 2. The molecule has 0 spiro atoms. The molecule has 0 fully saturated rings. The van der Waals surface area contributed by atoms with Gasteiger partial charge in [0.1, 0.15) is 0 Å². The summed E-state index contributed by atoms with van der Waals surface area (Å²) in [6.07, 6.45) is 4.54. The van der Waals surface area contributed by atoms with Crippen LogP contribution in [0.4, 0.5) is 37.7 Å². The van der Waals surface area contributed by atoms with Crippen LogP contribution in [0.25, 0.3) is 0 Å². The number of anilines is 2. The van der Waals surface area contributed by atoms with Gasteiger partial charge in [-0.1, -0.05) is 95.9 Å². The molecule has 1 radical (unpaired) electrons. The van der Waals surface area contributed by atoms with Crippen molar-refractivity contribution >= 4 is 31.4 Å². The number of rotatable bonds is 8. The first kappa shape index (κ1) is 41.0. The monoisotopic (exact) mass is 868 g/mol. The van der Waals surface area contributed by atoms with Gasteiger partial charge < -0.3 is 9.80 Å². The van der Waals surface area contributed by atoms with Crippen LogP contribution in [0.5, 0.6) is 0 Å². The molecule has 2 aromatic rings. The first-order chi connectivity index (χ1) is 19.9. The Labute approximate surface area is 277 Å². The minimum Gasteiger partial charge on any atom is -0.327 e. The van der Waals surface area contributed by atoms with E-state index in [1.165, 1.54) is 33.6 Å². The summed E-state index contributed by atoms with van der Waals surface area (Å²) in [5, 5.41) is 0. The predicted molar refractivity (Wildman–Crippen MR) is 161 cm³/mol. The number of nitrogens with one attached hydrogen (secondary N) is 1. The normalized spacial score (nSPS) is 14.4. The SMILES string of the molecule is CC(C)c1cccc(C(C)C)c1N1C=CN(c2c(C(C)C)cccc2C(C)C)C1.O=S(=O)(NS(=O)(=O)C(F)(F)F)C(F)(F)F.[Au]. The molecule has 16 heteroatoms. The Hall–Kier alpha value is -2.04. The molecule has 0 saturated heterocycles. The van der Waals surface area contributed by atoms with Crippen molar-refractivity contribution in [3.8, 4) is 0 Å². The van der Waals surface area contributed by atoms with Crippen molar-refractivity contribution in [2.24, 2.45) is 0 Å². The topological polar surface area (TPSA) is 86.8 Å². The molecule has 0 bridgehead atoms. The average molecular weight is 869 g/mol. The van der Waals surface area contributed by atoms with Crippen molar-refractivity contribution in [3.63, 3.8) is 0 Å². The van der Waals surface area contributed by atoms with E-state index in [1.807, 2.05) is 0 Å². The molecule has 1 N–H and O–H groups in total. The molecular weight excluding hydrogens is 829 g/mol. The Bertz CT molecular complexity index is 1390. The molecule has 1 aliphatic rings. The fourth-order valence-corrected chi connectivity index (χ4v) is 6.55. The standard InChI is InChI=1S/C27H38N2.C2HF6NO4S2.Au/c1-18(2)22-11-9-12-23(19(3)4)26(22)28-15-16-29(17-28)27-24(20(5)6)13-10-14-25(27)21(7)8;3-1(4,5)14(10,11)9-15(12,13)2(6,7)8;/h9-16,18-21H,17H2,1-8H3;9H;. The van der Waals surface area contributed by atoms with Crippen LogP contribution < -0.4 is 13.9 Å². The van der Waals surface area contributed by atoms with E-state index in [1.54, 1.807) is 0 Å². The van der Waals surface area contributed by atoms with E-state index in [0.29, 0.717) is 23.7 Å². The minimum atomic E-state index is -6.60. The van der Waals surface area contributed by atoms with E-state index in [0.717, 1.165) is 6.67 Å². The van der Waals surface area contributed by atoms with Gasteiger partial charge in [-0.3, -0.25) is 0 Å². The molecule has 0 amide bonds. The number of hydrogen-bond acceptors (Lipinski definition) is 6. The van der Waals surface area contributed by atoms with Gasteiger partial charge in [-0.05, 0) is 45.9 Å². The van der Waals surface area contributed by atoms with Crippen LogP contribution in [0.2, 0.25) is 0 Å². The molecule has 1 heterocycles. The minimum absolute atomic E-state index is 0. The molecule has 7 nitrogen and oxygen atoms in total. The van der Waals surface area contributed by atoms with E-state index in [4.69, 9.17) is 0 Å². The number of halogens is 6. The Morgan fingerprint density at radius 2 is 0.822 bits per heavy atom. The first-order valence-corrected chi connectivity index (χ1v) is 16.8. The number of hydrogen-bond donors (Lipinski definition) is 1. The molecule has 0 aromatic heterocycles. The molecule has 1 aliphatic heterocycles. The second kappa shape index (κ2) is 15.2. The fourth-order valence-electron chi connectivity index (χ4n) is 4.64. The van der Waals surface area contributed by atoms with E-state index in [2.05, 4.69) is 114 Å². The van der Waals surface area contributed by atoms with Crippen LogP contribution >= 0.6 is 0 Å². The van der Waals surface area contributed by atoms with Crippen LogP contribution in [-0.2, 0) is 42.4 Å². The van der Waals surface area contributed by atoms with Gasteiger partial charge in [0.25, 0.3) is 0 Å².